The minimum absolute atomic E-state index is 0.536. The molecular weight excluding hydrogens is 228 g/mol. The maximum atomic E-state index is 4.33. The zero-order valence-corrected chi connectivity index (χ0v) is 13.9. The Kier molecular flexibility index (Phi) is 8.80. The highest BCUT2D eigenvalue weighted by Crippen LogP contribution is 2.32. The van der Waals surface area contributed by atoms with Crippen LogP contribution in [0.5, 0.6) is 0 Å². The third-order valence-electron chi connectivity index (χ3n) is 4.34. The summed E-state index contributed by atoms with van der Waals surface area (Å²) in [5, 5.41) is 0. The van der Waals surface area contributed by atoms with Gasteiger partial charge in [0, 0.05) is 0 Å². The van der Waals surface area contributed by atoms with Crippen molar-refractivity contribution in [1.82, 2.24) is 0 Å². The molecule has 0 spiro atoms. The van der Waals surface area contributed by atoms with E-state index in [1.54, 1.807) is 0 Å². The average Bonchev–Trinajstić information content (AvgIpc) is 2.36. The molecule has 0 N–H and O–H groups in total. The highest BCUT2D eigenvalue weighted by atomic mass is 14.2. The Hall–Kier alpha value is -0.780. The number of hydrogen-bond acceptors (Lipinski definition) is 0. The third kappa shape index (κ3) is 6.80. The molecule has 3 unspecified atom stereocenters. The van der Waals surface area contributed by atoms with E-state index in [-0.39, 0.29) is 0 Å². The molecule has 0 aliphatic heterocycles. The van der Waals surface area contributed by atoms with Crippen molar-refractivity contribution in [3.05, 3.63) is 36.5 Å². The van der Waals surface area contributed by atoms with E-state index in [1.165, 1.54) is 36.8 Å². The summed E-state index contributed by atoms with van der Waals surface area (Å²) in [7, 11) is 0. The summed E-state index contributed by atoms with van der Waals surface area (Å²) in [6.07, 6.45) is 5.99. The van der Waals surface area contributed by atoms with Crippen molar-refractivity contribution in [3.8, 4) is 0 Å². The van der Waals surface area contributed by atoms with Crippen LogP contribution < -0.4 is 0 Å². The van der Waals surface area contributed by atoms with Gasteiger partial charge in [-0.05, 0) is 49.5 Å². The quantitative estimate of drug-likeness (QED) is 0.309. The first-order chi connectivity index (χ1) is 8.83. The zero-order valence-electron chi connectivity index (χ0n) is 13.9. The molecule has 3 atom stereocenters. The summed E-state index contributed by atoms with van der Waals surface area (Å²) in [6, 6.07) is 0. The Balaban J connectivity index is 4.54. The predicted octanol–water partition coefficient (Wildman–Crippen LogP) is 6.55. The van der Waals surface area contributed by atoms with Crippen molar-refractivity contribution in [3.63, 3.8) is 0 Å². The topological polar surface area (TPSA) is 0 Å². The molecular formula is C19H34. The number of hydrogen-bond donors (Lipinski definition) is 0. The van der Waals surface area contributed by atoms with Crippen LogP contribution in [0.25, 0.3) is 0 Å². The van der Waals surface area contributed by atoms with E-state index in [9.17, 15) is 0 Å². The number of rotatable bonds is 10. The van der Waals surface area contributed by atoms with Crippen molar-refractivity contribution in [1.29, 1.82) is 0 Å². The largest absolute Gasteiger partial charge is 0.0996 e. The van der Waals surface area contributed by atoms with Gasteiger partial charge in [-0.15, -0.1) is 0 Å². The molecule has 19 heavy (non-hydrogen) atoms. The van der Waals surface area contributed by atoms with E-state index in [0.717, 1.165) is 17.9 Å². The van der Waals surface area contributed by atoms with Crippen LogP contribution in [-0.2, 0) is 0 Å². The number of allylic oxidation sites excluding steroid dienone is 3. The SMILES string of the molecule is C=C(C)C(=C)C(CCC)CC(=C)C(C)CC(C)CC. The average molecular weight is 262 g/mol. The minimum Gasteiger partial charge on any atom is -0.0996 e. The van der Waals surface area contributed by atoms with Gasteiger partial charge in [0.15, 0.2) is 0 Å². The summed E-state index contributed by atoms with van der Waals surface area (Å²) in [5.41, 5.74) is 3.74. The van der Waals surface area contributed by atoms with Crippen molar-refractivity contribution in [2.75, 3.05) is 0 Å². The molecule has 0 nitrogen and oxygen atoms in total. The highest BCUT2D eigenvalue weighted by Gasteiger charge is 2.17. The standard InChI is InChI=1S/C19H34/c1-9-11-19(18(8)14(3)4)13-17(7)16(6)12-15(5)10-2/h15-16,19H,3,7-13H2,1-2,4-6H3. The third-order valence-corrected chi connectivity index (χ3v) is 4.34. The fourth-order valence-corrected chi connectivity index (χ4v) is 2.55. The van der Waals surface area contributed by atoms with Crippen LogP contribution >= 0.6 is 0 Å². The van der Waals surface area contributed by atoms with E-state index in [1.807, 2.05) is 0 Å². The van der Waals surface area contributed by atoms with Crippen molar-refractivity contribution in [2.24, 2.45) is 17.8 Å². The van der Waals surface area contributed by atoms with Crippen LogP contribution in [0.15, 0.2) is 36.5 Å². The predicted molar refractivity (Wildman–Crippen MR) is 89.3 cm³/mol. The molecule has 0 fully saturated rings. The Morgan fingerprint density at radius 3 is 2.05 bits per heavy atom. The van der Waals surface area contributed by atoms with Crippen LogP contribution in [0.2, 0.25) is 0 Å². The van der Waals surface area contributed by atoms with E-state index in [4.69, 9.17) is 0 Å². The Labute approximate surface area is 121 Å². The van der Waals surface area contributed by atoms with Crippen LogP contribution in [0.1, 0.15) is 66.7 Å². The lowest BCUT2D eigenvalue weighted by Gasteiger charge is -2.24. The lowest BCUT2D eigenvalue weighted by Crippen LogP contribution is -2.11. The second-order valence-electron chi connectivity index (χ2n) is 6.30. The fraction of sp³-hybridized carbons (Fsp3) is 0.684. The van der Waals surface area contributed by atoms with Crippen LogP contribution in [0, 0.1) is 17.8 Å². The molecule has 0 aromatic carbocycles. The van der Waals surface area contributed by atoms with E-state index >= 15 is 0 Å². The summed E-state index contributed by atoms with van der Waals surface area (Å²) in [6.45, 7) is 23.8. The van der Waals surface area contributed by atoms with Gasteiger partial charge < -0.3 is 0 Å². The van der Waals surface area contributed by atoms with Gasteiger partial charge in [0.2, 0.25) is 0 Å². The van der Waals surface area contributed by atoms with Crippen LogP contribution in [0.3, 0.4) is 0 Å². The first-order valence-corrected chi connectivity index (χ1v) is 7.85. The smallest absolute Gasteiger partial charge is 0.0128 e. The normalized spacial score (nSPS) is 15.6. The maximum absolute atomic E-state index is 4.33. The van der Waals surface area contributed by atoms with E-state index in [2.05, 4.69) is 54.4 Å². The molecule has 0 aromatic heterocycles. The molecule has 0 heterocycles. The summed E-state index contributed by atoms with van der Waals surface area (Å²) in [5.74, 6) is 1.95. The van der Waals surface area contributed by atoms with Gasteiger partial charge in [0.25, 0.3) is 0 Å². The van der Waals surface area contributed by atoms with Gasteiger partial charge in [0.1, 0.15) is 0 Å². The molecule has 0 radical (unpaired) electrons. The zero-order chi connectivity index (χ0) is 15.0. The molecule has 0 amide bonds. The van der Waals surface area contributed by atoms with Gasteiger partial charge in [-0.2, -0.15) is 0 Å². The molecule has 110 valence electrons. The monoisotopic (exact) mass is 262 g/mol. The Bertz CT molecular complexity index is 308. The Morgan fingerprint density at radius 2 is 1.63 bits per heavy atom. The van der Waals surface area contributed by atoms with Crippen LogP contribution in [-0.4, -0.2) is 0 Å². The van der Waals surface area contributed by atoms with Gasteiger partial charge >= 0.3 is 0 Å². The highest BCUT2D eigenvalue weighted by molar-refractivity contribution is 5.27. The van der Waals surface area contributed by atoms with E-state index in [0.29, 0.717) is 11.8 Å². The molecule has 0 aliphatic rings. The first kappa shape index (κ1) is 18.2. The molecule has 0 aromatic rings. The maximum Gasteiger partial charge on any atom is -0.0128 e. The van der Waals surface area contributed by atoms with Gasteiger partial charge in [-0.25, -0.2) is 0 Å². The van der Waals surface area contributed by atoms with Crippen molar-refractivity contribution >= 4 is 0 Å². The molecule has 0 saturated heterocycles. The van der Waals surface area contributed by atoms with E-state index < -0.39 is 0 Å². The summed E-state index contributed by atoms with van der Waals surface area (Å²) >= 11 is 0. The molecule has 0 bridgehead atoms. The second kappa shape index (κ2) is 9.18. The Morgan fingerprint density at radius 1 is 1.05 bits per heavy atom. The summed E-state index contributed by atoms with van der Waals surface area (Å²) < 4.78 is 0. The second-order valence-corrected chi connectivity index (χ2v) is 6.30. The lowest BCUT2D eigenvalue weighted by atomic mass is 9.81. The minimum atomic E-state index is 0.536. The molecule has 0 rings (SSSR count). The van der Waals surface area contributed by atoms with Gasteiger partial charge in [-0.1, -0.05) is 71.4 Å². The van der Waals surface area contributed by atoms with Crippen molar-refractivity contribution < 1.29 is 0 Å². The van der Waals surface area contributed by atoms with Crippen LogP contribution in [0.4, 0.5) is 0 Å². The molecule has 0 aliphatic carbocycles. The van der Waals surface area contributed by atoms with Crippen molar-refractivity contribution in [2.45, 2.75) is 66.7 Å². The molecule has 0 heteroatoms. The lowest BCUT2D eigenvalue weighted by molar-refractivity contribution is 0.421. The van der Waals surface area contributed by atoms with Gasteiger partial charge in [0.05, 0.1) is 0 Å². The summed E-state index contributed by atoms with van der Waals surface area (Å²) in [4.78, 5) is 0. The fourth-order valence-electron chi connectivity index (χ4n) is 2.55. The molecule has 0 saturated carbocycles. The van der Waals surface area contributed by atoms with Gasteiger partial charge in [-0.3, -0.25) is 0 Å². The first-order valence-electron chi connectivity index (χ1n) is 7.85.